The summed E-state index contributed by atoms with van der Waals surface area (Å²) in [6.07, 6.45) is 0.975. The lowest BCUT2D eigenvalue weighted by Crippen LogP contribution is -2.50. The molecule has 1 saturated heterocycles. The molecular weight excluding hydrogens is 389 g/mol. The van der Waals surface area contributed by atoms with Crippen LogP contribution in [0.15, 0.2) is 29.1 Å². The van der Waals surface area contributed by atoms with E-state index in [2.05, 4.69) is 10.2 Å². The molecule has 0 saturated carbocycles. The number of benzene rings is 1. The number of ether oxygens (including phenoxy) is 1. The minimum Gasteiger partial charge on any atom is -0.444 e. The summed E-state index contributed by atoms with van der Waals surface area (Å²) in [6, 6.07) is 6.08. The Labute approximate surface area is 174 Å². The molecule has 162 valence electrons. The number of amides is 1. The second kappa shape index (κ2) is 7.35. The van der Waals surface area contributed by atoms with Gasteiger partial charge in [-0.25, -0.2) is 9.18 Å². The van der Waals surface area contributed by atoms with Crippen LogP contribution in [0.1, 0.15) is 39.2 Å². The van der Waals surface area contributed by atoms with E-state index in [0.717, 1.165) is 5.39 Å². The first kappa shape index (κ1) is 20.8. The van der Waals surface area contributed by atoms with E-state index in [0.29, 0.717) is 31.4 Å². The van der Waals surface area contributed by atoms with Crippen LogP contribution < -0.4 is 10.9 Å². The molecule has 2 N–H and O–H groups in total. The summed E-state index contributed by atoms with van der Waals surface area (Å²) in [6.45, 7) is 7.01. The Morgan fingerprint density at radius 1 is 1.27 bits per heavy atom. The van der Waals surface area contributed by atoms with E-state index in [9.17, 15) is 19.1 Å². The third-order valence-electron chi connectivity index (χ3n) is 5.78. The Hall–Kier alpha value is -2.45. The lowest BCUT2D eigenvalue weighted by molar-refractivity contribution is -0.0165. The van der Waals surface area contributed by atoms with Crippen molar-refractivity contribution in [1.29, 1.82) is 0 Å². The van der Waals surface area contributed by atoms with Gasteiger partial charge >= 0.3 is 6.09 Å². The fourth-order valence-electron chi connectivity index (χ4n) is 4.52. The van der Waals surface area contributed by atoms with Crippen molar-refractivity contribution in [2.45, 2.75) is 57.4 Å². The monoisotopic (exact) mass is 417 g/mol. The van der Waals surface area contributed by atoms with Gasteiger partial charge in [-0.15, -0.1) is 0 Å². The molecule has 30 heavy (non-hydrogen) atoms. The van der Waals surface area contributed by atoms with E-state index >= 15 is 0 Å². The maximum Gasteiger partial charge on any atom is 0.407 e. The van der Waals surface area contributed by atoms with Gasteiger partial charge < -0.3 is 19.7 Å². The molecule has 0 bridgehead atoms. The number of likely N-dealkylation sites (tertiary alicyclic amines) is 1. The van der Waals surface area contributed by atoms with Crippen molar-refractivity contribution < 1.29 is 19.0 Å². The van der Waals surface area contributed by atoms with Crippen LogP contribution in [-0.4, -0.2) is 51.9 Å². The first-order valence-corrected chi connectivity index (χ1v) is 10.3. The fourth-order valence-corrected chi connectivity index (χ4v) is 4.52. The summed E-state index contributed by atoms with van der Waals surface area (Å²) >= 11 is 0. The minimum absolute atomic E-state index is 0.00527. The third kappa shape index (κ3) is 3.94. The lowest BCUT2D eigenvalue weighted by atomic mass is 9.92. The number of carbonyl (C=O) groups excluding carboxylic acids is 1. The Kier molecular flexibility index (Phi) is 5.10. The predicted octanol–water partition coefficient (Wildman–Crippen LogP) is 2.33. The topological polar surface area (TPSA) is 83.8 Å². The van der Waals surface area contributed by atoms with Crippen molar-refractivity contribution in [2.24, 2.45) is 0 Å². The zero-order chi connectivity index (χ0) is 21.7. The summed E-state index contributed by atoms with van der Waals surface area (Å²) in [5, 5.41) is 15.0. The van der Waals surface area contributed by atoms with Gasteiger partial charge in [0.2, 0.25) is 0 Å². The molecule has 0 radical (unpaired) electrons. The molecule has 2 aliphatic heterocycles. The highest BCUT2D eigenvalue weighted by Crippen LogP contribution is 2.38. The number of hydrogen-bond acceptors (Lipinski definition) is 5. The first-order chi connectivity index (χ1) is 14.1. The number of hydrogen-bond donors (Lipinski definition) is 2. The largest absolute Gasteiger partial charge is 0.444 e. The number of carbonyl (C=O) groups is 1. The van der Waals surface area contributed by atoms with Gasteiger partial charge in [-0.2, -0.15) is 0 Å². The van der Waals surface area contributed by atoms with Crippen molar-refractivity contribution in [2.75, 3.05) is 19.6 Å². The molecule has 8 heteroatoms. The Morgan fingerprint density at radius 2 is 1.93 bits per heavy atom. The van der Waals surface area contributed by atoms with Gasteiger partial charge in [0.05, 0.1) is 12.1 Å². The van der Waals surface area contributed by atoms with Gasteiger partial charge in [0, 0.05) is 37.3 Å². The Balaban J connectivity index is 1.45. The van der Waals surface area contributed by atoms with Crippen LogP contribution in [0.2, 0.25) is 0 Å². The smallest absolute Gasteiger partial charge is 0.407 e. The molecule has 3 heterocycles. The van der Waals surface area contributed by atoms with E-state index < -0.39 is 23.1 Å². The number of piperidine rings is 1. The SMILES string of the molecule is CC(C)(C)OC(=O)NC1CCN(CC2(O)Cn3c(=O)ccc4ccc(F)c2c43)CC1. The van der Waals surface area contributed by atoms with Crippen LogP contribution in [0.3, 0.4) is 0 Å². The van der Waals surface area contributed by atoms with Crippen LogP contribution in [0, 0.1) is 5.82 Å². The molecule has 1 aromatic carbocycles. The molecule has 4 rings (SSSR count). The van der Waals surface area contributed by atoms with E-state index in [1.54, 1.807) is 12.1 Å². The van der Waals surface area contributed by atoms with E-state index in [-0.39, 0.29) is 30.3 Å². The van der Waals surface area contributed by atoms with Crippen molar-refractivity contribution in [1.82, 2.24) is 14.8 Å². The second-order valence-corrected chi connectivity index (χ2v) is 9.35. The Bertz CT molecular complexity index is 1040. The van der Waals surface area contributed by atoms with Crippen LogP contribution in [0.25, 0.3) is 10.9 Å². The minimum atomic E-state index is -1.47. The predicted molar refractivity (Wildman–Crippen MR) is 111 cm³/mol. The molecule has 0 spiro atoms. The highest BCUT2D eigenvalue weighted by molar-refractivity contribution is 5.85. The van der Waals surface area contributed by atoms with Crippen LogP contribution in [0.4, 0.5) is 9.18 Å². The number of nitrogens with zero attached hydrogens (tertiary/aromatic N) is 2. The summed E-state index contributed by atoms with van der Waals surface area (Å²) in [4.78, 5) is 26.3. The average Bonchev–Trinajstić information content (AvgIpc) is 2.95. The average molecular weight is 417 g/mol. The zero-order valence-electron chi connectivity index (χ0n) is 17.6. The maximum absolute atomic E-state index is 14.7. The molecular formula is C22H28FN3O4. The second-order valence-electron chi connectivity index (χ2n) is 9.35. The van der Waals surface area contributed by atoms with Crippen molar-refractivity contribution in [3.8, 4) is 0 Å². The molecule has 1 aromatic heterocycles. The number of β-amino-alcohol motifs (C(OH)–C–C–N with tert-alkyl or cyclic N) is 1. The molecule has 7 nitrogen and oxygen atoms in total. The van der Waals surface area contributed by atoms with Crippen molar-refractivity contribution in [3.63, 3.8) is 0 Å². The van der Waals surface area contributed by atoms with E-state index in [4.69, 9.17) is 4.74 Å². The summed E-state index contributed by atoms with van der Waals surface area (Å²) < 4.78 is 21.5. The number of rotatable bonds is 3. The first-order valence-electron chi connectivity index (χ1n) is 10.3. The quantitative estimate of drug-likeness (QED) is 0.801. The summed E-state index contributed by atoms with van der Waals surface area (Å²) in [5.74, 6) is -0.497. The molecule has 1 fully saturated rings. The maximum atomic E-state index is 14.7. The van der Waals surface area contributed by atoms with E-state index in [1.807, 2.05) is 20.8 Å². The van der Waals surface area contributed by atoms with Crippen LogP contribution in [0.5, 0.6) is 0 Å². The number of alkyl carbamates (subject to hydrolysis) is 1. The van der Waals surface area contributed by atoms with Gasteiger partial charge in [-0.05, 0) is 57.2 Å². The lowest BCUT2D eigenvalue weighted by Gasteiger charge is -2.37. The van der Waals surface area contributed by atoms with Gasteiger partial charge in [0.15, 0.2) is 0 Å². The molecule has 1 unspecified atom stereocenters. The third-order valence-corrected chi connectivity index (χ3v) is 5.78. The number of aliphatic hydroxyl groups is 1. The molecule has 1 amide bonds. The number of aromatic nitrogens is 1. The highest BCUT2D eigenvalue weighted by Gasteiger charge is 2.42. The van der Waals surface area contributed by atoms with Crippen LogP contribution >= 0.6 is 0 Å². The standard InChI is InChI=1S/C22H28FN3O4/c1-21(2,3)30-20(28)24-15-8-10-25(11-9-15)12-22(29)13-26-17(27)7-5-14-4-6-16(23)18(22)19(14)26/h4-7,15,29H,8-13H2,1-3H3,(H,24,28). The normalized spacial score (nSPS) is 22.4. The van der Waals surface area contributed by atoms with Gasteiger partial charge in [0.25, 0.3) is 5.56 Å². The van der Waals surface area contributed by atoms with Gasteiger partial charge in [-0.3, -0.25) is 9.69 Å². The summed E-state index contributed by atoms with van der Waals surface area (Å²) in [5.41, 5.74) is -1.58. The number of pyridine rings is 1. The molecule has 1 atom stereocenters. The Morgan fingerprint density at radius 3 is 2.60 bits per heavy atom. The molecule has 2 aromatic rings. The fraction of sp³-hybridized carbons (Fsp3) is 0.545. The number of halogens is 1. The van der Waals surface area contributed by atoms with E-state index in [1.165, 1.54) is 16.7 Å². The molecule has 0 aliphatic carbocycles. The molecule has 2 aliphatic rings. The summed E-state index contributed by atoms with van der Waals surface area (Å²) in [7, 11) is 0. The number of nitrogens with one attached hydrogen (secondary N) is 1. The van der Waals surface area contributed by atoms with Crippen molar-refractivity contribution in [3.05, 3.63) is 46.0 Å². The van der Waals surface area contributed by atoms with Gasteiger partial charge in [0.1, 0.15) is 17.0 Å². The van der Waals surface area contributed by atoms with Crippen molar-refractivity contribution >= 4 is 17.0 Å². The highest BCUT2D eigenvalue weighted by atomic mass is 19.1. The van der Waals surface area contributed by atoms with Gasteiger partial charge in [-0.1, -0.05) is 0 Å². The van der Waals surface area contributed by atoms with Crippen LogP contribution in [-0.2, 0) is 16.9 Å². The zero-order valence-corrected chi connectivity index (χ0v) is 17.6.